The summed E-state index contributed by atoms with van der Waals surface area (Å²) in [6.07, 6.45) is 40.9. The fraction of sp³-hybridized carbons (Fsp3) is 0.939. The minimum Gasteiger partial charge on any atom is -0.325 e. The normalized spacial score (nSPS) is 12.2. The van der Waals surface area contributed by atoms with Crippen LogP contribution in [-0.4, -0.2) is 31.7 Å². The third-order valence-corrected chi connectivity index (χ3v) is 7.61. The van der Waals surface area contributed by atoms with Crippen LogP contribution < -0.4 is 0 Å². The topological polar surface area (TPSA) is 0 Å². The Hall–Kier alpha value is -0.300. The number of likely N-dealkylation sites (N-methyl/N-ethyl adjacent to an activating group) is 1. The summed E-state index contributed by atoms with van der Waals surface area (Å²) in [5.41, 5.74) is 0. The molecule has 1 heteroatoms. The molecule has 0 fully saturated rings. The Balaban J connectivity index is 3.36. The fourth-order valence-corrected chi connectivity index (χ4v) is 5.05. The van der Waals surface area contributed by atoms with Crippen LogP contribution in [-0.2, 0) is 0 Å². The fourth-order valence-electron chi connectivity index (χ4n) is 5.05. The summed E-state index contributed by atoms with van der Waals surface area (Å²) in [6.45, 7) is 7.14. The highest BCUT2D eigenvalue weighted by atomic mass is 15.3. The lowest BCUT2D eigenvalue weighted by molar-refractivity contribution is -0.884. The van der Waals surface area contributed by atoms with Crippen LogP contribution in [0.4, 0.5) is 0 Å². The molecule has 0 heterocycles. The van der Waals surface area contributed by atoms with Gasteiger partial charge in [-0.25, -0.2) is 0 Å². The second-order valence-electron chi connectivity index (χ2n) is 11.9. The summed E-state index contributed by atoms with van der Waals surface area (Å²) < 4.78 is 1.16. The summed E-state index contributed by atoms with van der Waals surface area (Å²) in [5, 5.41) is 0. The van der Waals surface area contributed by atoms with E-state index in [0.717, 1.165) is 4.48 Å². The number of allylic oxidation sites excluding steroid dienone is 1. The van der Waals surface area contributed by atoms with E-state index in [1.165, 1.54) is 174 Å². The second-order valence-corrected chi connectivity index (χ2v) is 11.9. The van der Waals surface area contributed by atoms with E-state index in [0.29, 0.717) is 0 Å². The first-order valence-electron chi connectivity index (χ1n) is 16.1. The van der Waals surface area contributed by atoms with Gasteiger partial charge in [0.05, 0.1) is 27.2 Å². The van der Waals surface area contributed by atoms with Crippen molar-refractivity contribution in [1.29, 1.82) is 0 Å². The summed E-state index contributed by atoms with van der Waals surface area (Å²) in [5.74, 6) is 0. The molecule has 0 amide bonds. The first kappa shape index (κ1) is 33.7. The van der Waals surface area contributed by atoms with E-state index in [9.17, 15) is 0 Å². The second kappa shape index (κ2) is 27.3. The van der Waals surface area contributed by atoms with E-state index in [-0.39, 0.29) is 0 Å². The highest BCUT2D eigenvalue weighted by Crippen LogP contribution is 2.14. The van der Waals surface area contributed by atoms with Gasteiger partial charge in [-0.2, -0.15) is 0 Å². The number of quaternary nitrogens is 1. The van der Waals surface area contributed by atoms with Gasteiger partial charge in [0.15, 0.2) is 0 Å². The lowest BCUT2D eigenvalue weighted by Gasteiger charge is -2.28. The van der Waals surface area contributed by atoms with Crippen LogP contribution in [0.2, 0.25) is 0 Å². The molecule has 34 heavy (non-hydrogen) atoms. The van der Waals surface area contributed by atoms with Crippen LogP contribution in [0.25, 0.3) is 0 Å². The van der Waals surface area contributed by atoms with Crippen molar-refractivity contribution >= 4 is 0 Å². The third kappa shape index (κ3) is 27.9. The molecule has 0 radical (unpaired) electrons. The van der Waals surface area contributed by atoms with Gasteiger partial charge in [-0.05, 0) is 31.8 Å². The Morgan fingerprint density at radius 1 is 0.382 bits per heavy atom. The monoisotopic (exact) mass is 479 g/mol. The molecule has 0 aromatic rings. The molecule has 0 N–H and O–H groups in total. The zero-order valence-electron chi connectivity index (χ0n) is 24.7. The predicted molar refractivity (Wildman–Crippen MR) is 158 cm³/mol. The number of unbranched alkanes of at least 4 members (excludes halogenated alkanes) is 23. The quantitative estimate of drug-likeness (QED) is 0.0595. The zero-order valence-corrected chi connectivity index (χ0v) is 24.7. The van der Waals surface area contributed by atoms with Crippen molar-refractivity contribution in [2.75, 3.05) is 27.2 Å². The minimum atomic E-state index is 1.16. The first-order valence-corrected chi connectivity index (χ1v) is 16.1. The Morgan fingerprint density at radius 3 is 1.09 bits per heavy atom. The largest absolute Gasteiger partial charge is 0.325 e. The van der Waals surface area contributed by atoms with Crippen LogP contribution in [0.5, 0.6) is 0 Å². The van der Waals surface area contributed by atoms with Crippen molar-refractivity contribution in [3.8, 4) is 0 Å². The molecular weight excluding hydrogens is 410 g/mol. The summed E-state index contributed by atoms with van der Waals surface area (Å²) >= 11 is 0. The van der Waals surface area contributed by atoms with Crippen molar-refractivity contribution in [2.45, 2.75) is 174 Å². The van der Waals surface area contributed by atoms with Crippen LogP contribution in [0.3, 0.4) is 0 Å². The lowest BCUT2D eigenvalue weighted by Crippen LogP contribution is -2.40. The van der Waals surface area contributed by atoms with Gasteiger partial charge in [0.25, 0.3) is 0 Å². The van der Waals surface area contributed by atoms with Gasteiger partial charge in [-0.15, -0.1) is 0 Å². The average molecular weight is 479 g/mol. The Bertz CT molecular complexity index is 397. The summed E-state index contributed by atoms with van der Waals surface area (Å²) in [6, 6.07) is 0. The van der Waals surface area contributed by atoms with Gasteiger partial charge in [0.2, 0.25) is 0 Å². The maximum absolute atomic E-state index is 2.46. The molecule has 0 aliphatic heterocycles. The van der Waals surface area contributed by atoms with Crippen molar-refractivity contribution in [3.63, 3.8) is 0 Å². The van der Waals surface area contributed by atoms with Crippen LogP contribution in [0.1, 0.15) is 174 Å². The SMILES string of the molecule is CCCCCCCCCCCCC=CC[N+](C)(C)CCCCCCCCCCCCCCCC. The number of rotatable bonds is 28. The molecule has 0 bridgehead atoms. The van der Waals surface area contributed by atoms with Gasteiger partial charge in [0, 0.05) is 0 Å². The van der Waals surface area contributed by atoms with Gasteiger partial charge in [-0.1, -0.05) is 155 Å². The Labute approximate surface area is 218 Å². The zero-order chi connectivity index (χ0) is 25.0. The molecule has 0 unspecified atom stereocenters. The molecule has 0 aliphatic rings. The van der Waals surface area contributed by atoms with E-state index in [1.54, 1.807) is 0 Å². The minimum absolute atomic E-state index is 1.16. The van der Waals surface area contributed by atoms with Gasteiger partial charge in [0.1, 0.15) is 0 Å². The average Bonchev–Trinajstić information content (AvgIpc) is 2.82. The molecule has 0 spiro atoms. The Morgan fingerprint density at radius 2 is 0.706 bits per heavy atom. The van der Waals surface area contributed by atoms with E-state index in [2.05, 4.69) is 40.1 Å². The van der Waals surface area contributed by atoms with Crippen molar-refractivity contribution in [2.24, 2.45) is 0 Å². The molecule has 0 aliphatic carbocycles. The van der Waals surface area contributed by atoms with Crippen LogP contribution >= 0.6 is 0 Å². The summed E-state index contributed by atoms with van der Waals surface area (Å²) in [7, 11) is 4.82. The standard InChI is InChI=1S/C33H68N/c1-5-7-9-11-13-15-17-19-21-23-25-27-29-31-33-34(3,4)32-30-28-26-24-22-20-18-16-14-12-10-8-6-2/h28,30H,5-27,29,31-33H2,1-4H3/q+1. The molecule has 0 saturated carbocycles. The van der Waals surface area contributed by atoms with Gasteiger partial charge >= 0.3 is 0 Å². The number of nitrogens with zero attached hydrogens (tertiary/aromatic N) is 1. The van der Waals surface area contributed by atoms with Crippen molar-refractivity contribution in [3.05, 3.63) is 12.2 Å². The molecule has 204 valence electrons. The smallest absolute Gasteiger partial charge is 0.0969 e. The lowest BCUT2D eigenvalue weighted by atomic mass is 10.0. The van der Waals surface area contributed by atoms with Gasteiger partial charge in [-0.3, -0.25) is 0 Å². The molecule has 0 aromatic carbocycles. The molecule has 0 saturated heterocycles. The number of hydrogen-bond acceptors (Lipinski definition) is 0. The van der Waals surface area contributed by atoms with Crippen LogP contribution in [0, 0.1) is 0 Å². The predicted octanol–water partition coefficient (Wildman–Crippen LogP) is 11.4. The van der Waals surface area contributed by atoms with E-state index in [4.69, 9.17) is 0 Å². The van der Waals surface area contributed by atoms with Gasteiger partial charge < -0.3 is 4.48 Å². The molecule has 0 aromatic heterocycles. The summed E-state index contributed by atoms with van der Waals surface area (Å²) in [4.78, 5) is 0. The number of hydrogen-bond donors (Lipinski definition) is 0. The Kier molecular flexibility index (Phi) is 27.0. The molecular formula is C33H68N+. The maximum atomic E-state index is 2.46. The molecule has 0 atom stereocenters. The first-order chi connectivity index (χ1) is 16.6. The van der Waals surface area contributed by atoms with Crippen molar-refractivity contribution in [1.82, 2.24) is 0 Å². The van der Waals surface area contributed by atoms with E-state index in [1.807, 2.05) is 0 Å². The highest BCUT2D eigenvalue weighted by molar-refractivity contribution is 4.81. The highest BCUT2D eigenvalue weighted by Gasteiger charge is 2.11. The maximum Gasteiger partial charge on any atom is 0.0969 e. The van der Waals surface area contributed by atoms with E-state index >= 15 is 0 Å². The van der Waals surface area contributed by atoms with E-state index < -0.39 is 0 Å². The van der Waals surface area contributed by atoms with Crippen LogP contribution in [0.15, 0.2) is 12.2 Å². The molecule has 0 rings (SSSR count). The third-order valence-electron chi connectivity index (χ3n) is 7.61. The van der Waals surface area contributed by atoms with Crippen molar-refractivity contribution < 1.29 is 4.48 Å². The molecule has 1 nitrogen and oxygen atoms in total.